The summed E-state index contributed by atoms with van der Waals surface area (Å²) >= 11 is 0. The van der Waals surface area contributed by atoms with Crippen LogP contribution in [-0.4, -0.2) is 19.8 Å². The van der Waals surface area contributed by atoms with Gasteiger partial charge < -0.3 is 0 Å². The maximum absolute atomic E-state index is 12.4. The first kappa shape index (κ1) is 12.4. The fraction of sp³-hybridized carbons (Fsp3) is 0.200. The van der Waals surface area contributed by atoms with Crippen molar-refractivity contribution in [1.82, 2.24) is 4.31 Å². The summed E-state index contributed by atoms with van der Waals surface area (Å²) in [4.78, 5) is 0.422. The molecule has 0 N–H and O–H groups in total. The SMILES string of the molecule is Cc1ccccc1[C@H]1c2ccccc2S(=O)(=O)N1C. The molecule has 1 aliphatic heterocycles. The topological polar surface area (TPSA) is 37.4 Å². The van der Waals surface area contributed by atoms with Gasteiger partial charge in [-0.3, -0.25) is 0 Å². The zero-order valence-electron chi connectivity index (χ0n) is 10.9. The van der Waals surface area contributed by atoms with E-state index in [1.807, 2.05) is 43.3 Å². The Kier molecular flexibility index (Phi) is 2.73. The van der Waals surface area contributed by atoms with E-state index in [1.54, 1.807) is 19.2 Å². The van der Waals surface area contributed by atoms with Crippen LogP contribution in [0.15, 0.2) is 53.4 Å². The van der Waals surface area contributed by atoms with Crippen LogP contribution in [0.4, 0.5) is 0 Å². The van der Waals surface area contributed by atoms with Gasteiger partial charge in [0.25, 0.3) is 0 Å². The summed E-state index contributed by atoms with van der Waals surface area (Å²) in [6.07, 6.45) is 0. The standard InChI is InChI=1S/C15H15NO2S/c1-11-7-3-4-8-12(11)15-13-9-5-6-10-14(13)19(17,18)16(15)2/h3-10,15H,1-2H3/t15-/m0/s1. The molecule has 0 unspecified atom stereocenters. The molecule has 0 amide bonds. The second-order valence-corrected chi connectivity index (χ2v) is 6.78. The van der Waals surface area contributed by atoms with Crippen molar-refractivity contribution < 1.29 is 8.42 Å². The van der Waals surface area contributed by atoms with Crippen molar-refractivity contribution in [3.63, 3.8) is 0 Å². The number of aryl methyl sites for hydroxylation is 1. The van der Waals surface area contributed by atoms with E-state index in [0.717, 1.165) is 16.7 Å². The highest BCUT2D eigenvalue weighted by atomic mass is 32.2. The Bertz CT molecular complexity index is 737. The predicted octanol–water partition coefficient (Wildman–Crippen LogP) is 2.72. The van der Waals surface area contributed by atoms with Gasteiger partial charge in [-0.2, -0.15) is 4.31 Å². The predicted molar refractivity (Wildman–Crippen MR) is 74.4 cm³/mol. The van der Waals surface area contributed by atoms with E-state index in [0.29, 0.717) is 4.90 Å². The smallest absolute Gasteiger partial charge is 0.207 e. The van der Waals surface area contributed by atoms with Gasteiger partial charge in [0, 0.05) is 7.05 Å². The lowest BCUT2D eigenvalue weighted by Gasteiger charge is -2.21. The van der Waals surface area contributed by atoms with E-state index in [9.17, 15) is 8.42 Å². The van der Waals surface area contributed by atoms with Gasteiger partial charge >= 0.3 is 0 Å². The molecule has 0 aromatic heterocycles. The maximum atomic E-state index is 12.4. The lowest BCUT2D eigenvalue weighted by molar-refractivity contribution is 0.439. The summed E-state index contributed by atoms with van der Waals surface area (Å²) < 4.78 is 26.3. The van der Waals surface area contributed by atoms with Crippen LogP contribution in [0.5, 0.6) is 0 Å². The highest BCUT2D eigenvalue weighted by molar-refractivity contribution is 7.89. The van der Waals surface area contributed by atoms with E-state index in [-0.39, 0.29) is 6.04 Å². The van der Waals surface area contributed by atoms with Crippen LogP contribution in [0, 0.1) is 6.92 Å². The zero-order chi connectivity index (χ0) is 13.6. The molecular formula is C15H15NO2S. The van der Waals surface area contributed by atoms with Crippen molar-refractivity contribution in [1.29, 1.82) is 0 Å². The van der Waals surface area contributed by atoms with Crippen LogP contribution in [0.2, 0.25) is 0 Å². The molecule has 0 aliphatic carbocycles. The van der Waals surface area contributed by atoms with Crippen LogP contribution in [0.25, 0.3) is 0 Å². The molecule has 19 heavy (non-hydrogen) atoms. The zero-order valence-corrected chi connectivity index (χ0v) is 11.7. The monoisotopic (exact) mass is 273 g/mol. The van der Waals surface area contributed by atoms with Crippen molar-refractivity contribution in [2.45, 2.75) is 17.9 Å². The molecule has 0 fully saturated rings. The van der Waals surface area contributed by atoms with Crippen molar-refractivity contribution in [3.8, 4) is 0 Å². The summed E-state index contributed by atoms with van der Waals surface area (Å²) in [5.41, 5.74) is 3.00. The molecule has 0 spiro atoms. The Hall–Kier alpha value is -1.65. The van der Waals surface area contributed by atoms with Gasteiger partial charge in [-0.1, -0.05) is 42.5 Å². The van der Waals surface area contributed by atoms with E-state index < -0.39 is 10.0 Å². The number of hydrogen-bond acceptors (Lipinski definition) is 2. The fourth-order valence-corrected chi connectivity index (χ4v) is 4.23. The molecule has 0 bridgehead atoms. The molecule has 2 aromatic carbocycles. The van der Waals surface area contributed by atoms with Crippen molar-refractivity contribution in [2.75, 3.05) is 7.05 Å². The van der Waals surface area contributed by atoms with Crippen LogP contribution in [-0.2, 0) is 10.0 Å². The second kappa shape index (κ2) is 4.18. The highest BCUT2D eigenvalue weighted by Crippen LogP contribution is 2.42. The third-order valence-electron chi connectivity index (χ3n) is 3.72. The van der Waals surface area contributed by atoms with E-state index in [4.69, 9.17) is 0 Å². The molecular weight excluding hydrogens is 258 g/mol. The molecule has 3 nitrogen and oxygen atoms in total. The molecule has 1 atom stereocenters. The maximum Gasteiger partial charge on any atom is 0.244 e. The van der Waals surface area contributed by atoms with Crippen molar-refractivity contribution in [2.24, 2.45) is 0 Å². The average molecular weight is 273 g/mol. The molecule has 1 heterocycles. The summed E-state index contributed by atoms with van der Waals surface area (Å²) in [7, 11) is -1.72. The fourth-order valence-electron chi connectivity index (χ4n) is 2.69. The van der Waals surface area contributed by atoms with Gasteiger partial charge in [-0.05, 0) is 29.7 Å². The number of benzene rings is 2. The first-order chi connectivity index (χ1) is 9.03. The van der Waals surface area contributed by atoms with Crippen LogP contribution >= 0.6 is 0 Å². The molecule has 1 aliphatic rings. The molecule has 4 heteroatoms. The van der Waals surface area contributed by atoms with Crippen LogP contribution in [0.3, 0.4) is 0 Å². The quantitative estimate of drug-likeness (QED) is 0.801. The van der Waals surface area contributed by atoms with Gasteiger partial charge in [0.15, 0.2) is 0 Å². The second-order valence-electron chi connectivity index (χ2n) is 4.82. The van der Waals surface area contributed by atoms with E-state index in [1.165, 1.54) is 4.31 Å². The van der Waals surface area contributed by atoms with Crippen LogP contribution < -0.4 is 0 Å². The Balaban J connectivity index is 2.27. The molecule has 3 rings (SSSR count). The first-order valence-electron chi connectivity index (χ1n) is 6.16. The van der Waals surface area contributed by atoms with Crippen LogP contribution in [0.1, 0.15) is 22.7 Å². The molecule has 0 saturated heterocycles. The number of hydrogen-bond donors (Lipinski definition) is 0. The minimum absolute atomic E-state index is 0.220. The number of nitrogens with zero attached hydrogens (tertiary/aromatic N) is 1. The highest BCUT2D eigenvalue weighted by Gasteiger charge is 2.40. The molecule has 2 aromatic rings. The summed E-state index contributed by atoms with van der Waals surface area (Å²) in [6.45, 7) is 2.01. The minimum Gasteiger partial charge on any atom is -0.207 e. The van der Waals surface area contributed by atoms with Gasteiger partial charge in [0.2, 0.25) is 10.0 Å². The summed E-state index contributed by atoms with van der Waals surface area (Å²) in [5, 5.41) is 0. The van der Waals surface area contributed by atoms with Gasteiger partial charge in [-0.15, -0.1) is 0 Å². The lowest BCUT2D eigenvalue weighted by atomic mass is 9.95. The third kappa shape index (κ3) is 1.71. The van der Waals surface area contributed by atoms with E-state index >= 15 is 0 Å². The normalized spacial score (nSPS) is 21.3. The lowest BCUT2D eigenvalue weighted by Crippen LogP contribution is -2.24. The number of sulfonamides is 1. The Morgan fingerprint density at radius 1 is 0.947 bits per heavy atom. The van der Waals surface area contributed by atoms with Crippen molar-refractivity contribution >= 4 is 10.0 Å². The molecule has 0 saturated carbocycles. The van der Waals surface area contributed by atoms with E-state index in [2.05, 4.69) is 0 Å². The average Bonchev–Trinajstić information content (AvgIpc) is 2.60. The largest absolute Gasteiger partial charge is 0.244 e. The van der Waals surface area contributed by atoms with Gasteiger partial charge in [0.05, 0.1) is 10.9 Å². The Morgan fingerprint density at radius 3 is 2.21 bits per heavy atom. The summed E-state index contributed by atoms with van der Waals surface area (Å²) in [5.74, 6) is 0. The van der Waals surface area contributed by atoms with Gasteiger partial charge in [-0.25, -0.2) is 8.42 Å². The van der Waals surface area contributed by atoms with Crippen molar-refractivity contribution in [3.05, 3.63) is 65.2 Å². The van der Waals surface area contributed by atoms with Gasteiger partial charge in [0.1, 0.15) is 0 Å². The molecule has 98 valence electrons. The summed E-state index contributed by atoms with van der Waals surface area (Å²) in [6, 6.07) is 14.9. The minimum atomic E-state index is -3.37. The third-order valence-corrected chi connectivity index (χ3v) is 5.61. The Morgan fingerprint density at radius 2 is 1.53 bits per heavy atom. The number of fused-ring (bicyclic) bond motifs is 1. The molecule has 0 radical (unpaired) electrons. The Labute approximate surface area is 113 Å². The first-order valence-corrected chi connectivity index (χ1v) is 7.60. The number of rotatable bonds is 1.